The molecule has 0 rings (SSSR count). The minimum absolute atomic E-state index is 0. The molecule has 0 aliphatic heterocycles. The van der Waals surface area contributed by atoms with Crippen molar-refractivity contribution in [3.8, 4) is 0 Å². The van der Waals surface area contributed by atoms with Crippen molar-refractivity contribution in [3.05, 3.63) is 0 Å². The largest absolute Gasteiger partial charge is 0.320 e. The third-order valence-electron chi connectivity index (χ3n) is 0.354. The van der Waals surface area contributed by atoms with Crippen LogP contribution in [0.15, 0.2) is 0 Å². The van der Waals surface area contributed by atoms with Crippen molar-refractivity contribution in [2.45, 2.75) is 14.4 Å². The van der Waals surface area contributed by atoms with Crippen molar-refractivity contribution < 1.29 is 32.7 Å². The fourth-order valence-corrected chi connectivity index (χ4v) is 0. The maximum Gasteiger partial charge on any atom is 0 e. The standard InChI is InChI=1S/C3H9N.CH4.Y/c1-3-4-2;;/h4H,3H2,1-2H3;1H4;. The maximum absolute atomic E-state index is 2.93. The first kappa shape index (κ1) is 15.7. The minimum atomic E-state index is 0. The van der Waals surface area contributed by atoms with E-state index in [1.165, 1.54) is 0 Å². The van der Waals surface area contributed by atoms with Gasteiger partial charge in [0.2, 0.25) is 0 Å². The molecule has 0 saturated heterocycles. The molecule has 0 aromatic rings. The second kappa shape index (κ2) is 16.6. The second-order valence-electron chi connectivity index (χ2n) is 0.707. The Kier molecular flexibility index (Phi) is 43.4. The van der Waals surface area contributed by atoms with Gasteiger partial charge in [-0.25, -0.2) is 0 Å². The molecule has 1 nitrogen and oxygen atoms in total. The molecule has 0 fully saturated rings. The molecule has 0 spiro atoms. The van der Waals surface area contributed by atoms with Crippen molar-refractivity contribution in [3.63, 3.8) is 0 Å². The van der Waals surface area contributed by atoms with E-state index < -0.39 is 0 Å². The third kappa shape index (κ3) is 19.6. The fourth-order valence-electron chi connectivity index (χ4n) is 0. The van der Waals surface area contributed by atoms with E-state index in [1.807, 2.05) is 7.05 Å². The summed E-state index contributed by atoms with van der Waals surface area (Å²) in [4.78, 5) is 0. The molecule has 2 heteroatoms. The smallest absolute Gasteiger partial charge is 0 e. The van der Waals surface area contributed by atoms with Gasteiger partial charge in [-0.05, 0) is 13.6 Å². The molecule has 0 aliphatic carbocycles. The van der Waals surface area contributed by atoms with Gasteiger partial charge >= 0.3 is 0 Å². The Hall–Kier alpha value is 1.06. The van der Waals surface area contributed by atoms with Gasteiger partial charge in [-0.3, -0.25) is 0 Å². The molecule has 0 saturated carbocycles. The number of rotatable bonds is 1. The van der Waals surface area contributed by atoms with Crippen LogP contribution in [-0.4, -0.2) is 13.6 Å². The molecule has 1 N–H and O–H groups in total. The predicted molar refractivity (Wildman–Crippen MR) is 26.3 cm³/mol. The van der Waals surface area contributed by atoms with E-state index >= 15 is 0 Å². The Balaban J connectivity index is -0.0000000450. The van der Waals surface area contributed by atoms with Crippen LogP contribution >= 0.6 is 0 Å². The zero-order valence-electron chi connectivity index (χ0n) is 3.78. The number of nitrogens with one attached hydrogen (secondary N) is 1. The van der Waals surface area contributed by atoms with Crippen LogP contribution in [-0.2, 0) is 32.7 Å². The van der Waals surface area contributed by atoms with Crippen LogP contribution in [0.1, 0.15) is 14.4 Å². The summed E-state index contributed by atoms with van der Waals surface area (Å²) in [5.74, 6) is 0. The summed E-state index contributed by atoms with van der Waals surface area (Å²) in [7, 11) is 1.93. The van der Waals surface area contributed by atoms with Gasteiger partial charge in [0.1, 0.15) is 0 Å². The van der Waals surface area contributed by atoms with E-state index in [4.69, 9.17) is 0 Å². The van der Waals surface area contributed by atoms with E-state index in [9.17, 15) is 0 Å². The van der Waals surface area contributed by atoms with E-state index in [0.29, 0.717) is 0 Å². The zero-order valence-corrected chi connectivity index (χ0v) is 6.62. The van der Waals surface area contributed by atoms with Gasteiger partial charge in [-0.15, -0.1) is 0 Å². The fraction of sp³-hybridized carbons (Fsp3) is 1.00. The van der Waals surface area contributed by atoms with E-state index in [-0.39, 0.29) is 40.1 Å². The summed E-state index contributed by atoms with van der Waals surface area (Å²) in [6.45, 7) is 3.14. The van der Waals surface area contributed by atoms with Crippen molar-refractivity contribution in [1.82, 2.24) is 5.32 Å². The van der Waals surface area contributed by atoms with Crippen molar-refractivity contribution in [2.24, 2.45) is 0 Å². The quantitative estimate of drug-likeness (QED) is 0.606. The van der Waals surface area contributed by atoms with Gasteiger partial charge < -0.3 is 5.32 Å². The predicted octanol–water partition coefficient (Wildman–Crippen LogP) is 0.859. The number of hydrogen-bond donors (Lipinski definition) is 1. The Bertz CT molecular complexity index is 9.51. The van der Waals surface area contributed by atoms with E-state index in [1.54, 1.807) is 0 Å². The monoisotopic (exact) mass is 164 g/mol. The number of hydrogen-bond acceptors (Lipinski definition) is 1. The van der Waals surface area contributed by atoms with E-state index in [0.717, 1.165) is 6.54 Å². The topological polar surface area (TPSA) is 12.0 Å². The minimum Gasteiger partial charge on any atom is -0.320 e. The summed E-state index contributed by atoms with van der Waals surface area (Å²) in [6.07, 6.45) is 0. The van der Waals surface area contributed by atoms with Crippen LogP contribution in [0.2, 0.25) is 0 Å². The first-order valence-corrected chi connectivity index (χ1v) is 1.56. The molecule has 0 unspecified atom stereocenters. The zero-order chi connectivity index (χ0) is 3.41. The summed E-state index contributed by atoms with van der Waals surface area (Å²) in [5.41, 5.74) is 0. The van der Waals surface area contributed by atoms with Crippen LogP contribution in [0.3, 0.4) is 0 Å². The molecule has 0 amide bonds. The Morgan fingerprint density at radius 3 is 1.67 bits per heavy atom. The van der Waals surface area contributed by atoms with Crippen LogP contribution in [0, 0.1) is 0 Å². The summed E-state index contributed by atoms with van der Waals surface area (Å²) in [5, 5.41) is 2.93. The van der Waals surface area contributed by atoms with Crippen LogP contribution < -0.4 is 5.32 Å². The van der Waals surface area contributed by atoms with Crippen LogP contribution in [0.5, 0.6) is 0 Å². The molecule has 0 aromatic heterocycles. The molecule has 0 heterocycles. The van der Waals surface area contributed by atoms with Gasteiger partial charge in [-0.1, -0.05) is 14.4 Å². The molecular formula is C4H13NY. The molecular weight excluding hydrogens is 151 g/mol. The maximum atomic E-state index is 2.93. The van der Waals surface area contributed by atoms with Gasteiger partial charge in [0.15, 0.2) is 0 Å². The first-order chi connectivity index (χ1) is 1.91. The van der Waals surface area contributed by atoms with Crippen molar-refractivity contribution in [1.29, 1.82) is 0 Å². The average Bonchev–Trinajstić information content (AvgIpc) is 1.37. The third-order valence-corrected chi connectivity index (χ3v) is 0.354. The summed E-state index contributed by atoms with van der Waals surface area (Å²) < 4.78 is 0. The van der Waals surface area contributed by atoms with Crippen molar-refractivity contribution >= 4 is 0 Å². The van der Waals surface area contributed by atoms with Crippen LogP contribution in [0.4, 0.5) is 0 Å². The molecule has 0 aromatic carbocycles. The Morgan fingerprint density at radius 2 is 1.67 bits per heavy atom. The first-order valence-electron chi connectivity index (χ1n) is 1.56. The Morgan fingerprint density at radius 1 is 1.50 bits per heavy atom. The molecule has 0 atom stereocenters. The van der Waals surface area contributed by atoms with Crippen LogP contribution in [0.25, 0.3) is 0 Å². The molecule has 1 radical (unpaired) electrons. The average molecular weight is 164 g/mol. The van der Waals surface area contributed by atoms with E-state index in [2.05, 4.69) is 12.2 Å². The normalized spacial score (nSPS) is 5.00. The van der Waals surface area contributed by atoms with Gasteiger partial charge in [0.25, 0.3) is 0 Å². The Labute approximate surface area is 65.8 Å². The molecule has 0 aliphatic rings. The SMILES string of the molecule is C.CCNC.[Y]. The molecule has 37 valence electrons. The summed E-state index contributed by atoms with van der Waals surface area (Å²) in [6, 6.07) is 0. The van der Waals surface area contributed by atoms with Gasteiger partial charge in [0.05, 0.1) is 0 Å². The molecule has 6 heavy (non-hydrogen) atoms. The second-order valence-corrected chi connectivity index (χ2v) is 0.707. The van der Waals surface area contributed by atoms with Gasteiger partial charge in [-0.2, -0.15) is 0 Å². The molecule has 0 bridgehead atoms. The van der Waals surface area contributed by atoms with Crippen molar-refractivity contribution in [2.75, 3.05) is 13.6 Å². The summed E-state index contributed by atoms with van der Waals surface area (Å²) >= 11 is 0. The van der Waals surface area contributed by atoms with Gasteiger partial charge in [0, 0.05) is 32.7 Å².